The van der Waals surface area contributed by atoms with Gasteiger partial charge in [0.2, 0.25) is 5.91 Å². The van der Waals surface area contributed by atoms with Gasteiger partial charge in [-0.25, -0.2) is 9.78 Å². The van der Waals surface area contributed by atoms with E-state index >= 15 is 0 Å². The highest BCUT2D eigenvalue weighted by Crippen LogP contribution is 2.33. The van der Waals surface area contributed by atoms with E-state index in [9.17, 15) is 22.8 Å². The van der Waals surface area contributed by atoms with E-state index in [4.69, 9.17) is 0 Å². The monoisotopic (exact) mass is 421 g/mol. The molecule has 0 unspecified atom stereocenters. The number of carbonyl (C=O) groups is 2. The predicted octanol–water partition coefficient (Wildman–Crippen LogP) is 3.46. The quantitative estimate of drug-likeness (QED) is 0.598. The molecule has 1 fully saturated rings. The first-order valence-electron chi connectivity index (χ1n) is 9.50. The first-order chi connectivity index (χ1) is 14.3. The molecule has 7 nitrogen and oxygen atoms in total. The van der Waals surface area contributed by atoms with Gasteiger partial charge in [-0.2, -0.15) is 13.2 Å². The van der Waals surface area contributed by atoms with Crippen LogP contribution < -0.4 is 16.0 Å². The first kappa shape index (κ1) is 21.4. The summed E-state index contributed by atoms with van der Waals surface area (Å²) >= 11 is 0. The van der Waals surface area contributed by atoms with Gasteiger partial charge in [0.05, 0.1) is 5.56 Å². The van der Waals surface area contributed by atoms with Gasteiger partial charge >= 0.3 is 12.2 Å². The minimum Gasteiger partial charge on any atom is -0.368 e. The number of aromatic nitrogens is 1. The minimum absolute atomic E-state index is 0.0797. The van der Waals surface area contributed by atoms with Crippen LogP contribution in [0.1, 0.15) is 24.0 Å². The Morgan fingerprint density at radius 2 is 1.90 bits per heavy atom. The summed E-state index contributed by atoms with van der Waals surface area (Å²) in [6.45, 7) is 1.49. The fourth-order valence-corrected chi connectivity index (χ4v) is 3.09. The van der Waals surface area contributed by atoms with Gasteiger partial charge in [-0.3, -0.25) is 4.79 Å². The van der Waals surface area contributed by atoms with Crippen LogP contribution in [0.3, 0.4) is 0 Å². The highest BCUT2D eigenvalue weighted by molar-refractivity contribution is 5.89. The number of alkyl halides is 3. The lowest BCUT2D eigenvalue weighted by Crippen LogP contribution is -2.33. The summed E-state index contributed by atoms with van der Waals surface area (Å²) in [6, 6.07) is 8.82. The van der Waals surface area contributed by atoms with Crippen LogP contribution in [0.25, 0.3) is 0 Å². The number of likely N-dealkylation sites (tertiary alicyclic amines) is 1. The van der Waals surface area contributed by atoms with Crippen LogP contribution in [0.4, 0.5) is 29.5 Å². The molecule has 1 aliphatic heterocycles. The molecule has 3 amide bonds. The molecule has 3 N–H and O–H groups in total. The van der Waals surface area contributed by atoms with Crippen molar-refractivity contribution in [2.24, 2.45) is 0 Å². The Morgan fingerprint density at radius 3 is 2.57 bits per heavy atom. The predicted molar refractivity (Wildman–Crippen MR) is 106 cm³/mol. The summed E-state index contributed by atoms with van der Waals surface area (Å²) in [7, 11) is 0. The zero-order chi connectivity index (χ0) is 21.6. The number of pyridine rings is 1. The lowest BCUT2D eigenvalue weighted by molar-refractivity contribution is -0.137. The summed E-state index contributed by atoms with van der Waals surface area (Å²) < 4.78 is 38.7. The third-order valence-corrected chi connectivity index (χ3v) is 4.57. The van der Waals surface area contributed by atoms with Crippen molar-refractivity contribution in [2.75, 3.05) is 30.3 Å². The van der Waals surface area contributed by atoms with Crippen LogP contribution in [0, 0.1) is 0 Å². The summed E-state index contributed by atoms with van der Waals surface area (Å²) in [6.07, 6.45) is -1.77. The van der Waals surface area contributed by atoms with Crippen LogP contribution in [-0.2, 0) is 17.5 Å². The van der Waals surface area contributed by atoms with Crippen LogP contribution >= 0.6 is 0 Å². The average Bonchev–Trinajstić information content (AvgIpc) is 3.11. The summed E-state index contributed by atoms with van der Waals surface area (Å²) in [5.74, 6) is -0.127. The fraction of sp³-hybridized carbons (Fsp3) is 0.350. The largest absolute Gasteiger partial charge is 0.419 e. The maximum absolute atomic E-state index is 12.9. The van der Waals surface area contributed by atoms with E-state index in [1.54, 1.807) is 17.0 Å². The maximum atomic E-state index is 12.9. The van der Waals surface area contributed by atoms with Crippen molar-refractivity contribution in [1.29, 1.82) is 0 Å². The Labute approximate surface area is 171 Å². The Kier molecular flexibility index (Phi) is 6.76. The molecule has 0 bridgehead atoms. The van der Waals surface area contributed by atoms with Crippen LogP contribution in [0.15, 0.2) is 42.6 Å². The SMILES string of the molecule is O=C(NCCNc1ncccc1C(F)(F)F)Nc1ccc(CN2CCCC2=O)cc1. The van der Waals surface area contributed by atoms with Gasteiger partial charge in [-0.1, -0.05) is 12.1 Å². The number of nitrogens with one attached hydrogen (secondary N) is 3. The summed E-state index contributed by atoms with van der Waals surface area (Å²) in [5, 5.41) is 7.79. The summed E-state index contributed by atoms with van der Waals surface area (Å²) in [5.41, 5.74) is 0.683. The van der Waals surface area contributed by atoms with Gasteiger partial charge in [0, 0.05) is 44.5 Å². The lowest BCUT2D eigenvalue weighted by atomic mass is 10.2. The number of rotatable bonds is 7. The second kappa shape index (κ2) is 9.47. The molecule has 3 rings (SSSR count). The second-order valence-electron chi connectivity index (χ2n) is 6.82. The van der Waals surface area contributed by atoms with Crippen LogP contribution in [0.5, 0.6) is 0 Å². The highest BCUT2D eigenvalue weighted by atomic mass is 19.4. The van der Waals surface area contributed by atoms with E-state index < -0.39 is 17.8 Å². The average molecular weight is 421 g/mol. The van der Waals surface area contributed by atoms with E-state index in [0.29, 0.717) is 18.7 Å². The van der Waals surface area contributed by atoms with Crippen molar-refractivity contribution < 1.29 is 22.8 Å². The molecule has 0 aliphatic carbocycles. The molecule has 0 atom stereocenters. The molecule has 2 heterocycles. The smallest absolute Gasteiger partial charge is 0.368 e. The van der Waals surface area contributed by atoms with Crippen molar-refractivity contribution in [3.8, 4) is 0 Å². The normalized spacial score (nSPS) is 14.0. The van der Waals surface area contributed by atoms with Crippen LogP contribution in [-0.4, -0.2) is 41.5 Å². The Hall–Kier alpha value is -3.30. The van der Waals surface area contributed by atoms with Crippen molar-refractivity contribution in [3.05, 3.63) is 53.7 Å². The molecule has 1 aromatic heterocycles. The topological polar surface area (TPSA) is 86.4 Å². The number of hydrogen-bond acceptors (Lipinski definition) is 4. The Morgan fingerprint density at radius 1 is 1.13 bits per heavy atom. The number of benzene rings is 1. The molecule has 1 aromatic carbocycles. The number of anilines is 2. The number of halogens is 3. The van der Waals surface area contributed by atoms with E-state index in [-0.39, 0.29) is 24.8 Å². The molecule has 1 saturated heterocycles. The number of nitrogens with zero attached hydrogens (tertiary/aromatic N) is 2. The van der Waals surface area contributed by atoms with Crippen LogP contribution in [0.2, 0.25) is 0 Å². The zero-order valence-electron chi connectivity index (χ0n) is 16.1. The number of carbonyl (C=O) groups excluding carboxylic acids is 2. The summed E-state index contributed by atoms with van der Waals surface area (Å²) in [4.78, 5) is 29.1. The van der Waals surface area contributed by atoms with E-state index in [0.717, 1.165) is 24.6 Å². The van der Waals surface area contributed by atoms with E-state index in [2.05, 4.69) is 20.9 Å². The zero-order valence-corrected chi connectivity index (χ0v) is 16.1. The molecule has 0 saturated carbocycles. The second-order valence-corrected chi connectivity index (χ2v) is 6.82. The van der Waals surface area contributed by atoms with Crippen molar-refractivity contribution in [1.82, 2.24) is 15.2 Å². The molecule has 0 radical (unpaired) electrons. The van der Waals surface area contributed by atoms with Crippen molar-refractivity contribution in [2.45, 2.75) is 25.6 Å². The van der Waals surface area contributed by atoms with Gasteiger partial charge < -0.3 is 20.9 Å². The number of urea groups is 1. The van der Waals surface area contributed by atoms with Gasteiger partial charge in [0.25, 0.3) is 0 Å². The number of hydrogen-bond donors (Lipinski definition) is 3. The van der Waals surface area contributed by atoms with Gasteiger partial charge in [0.15, 0.2) is 0 Å². The standard InChI is InChI=1S/C20H22F3N5O2/c21-20(22,23)16-3-1-9-24-18(16)25-10-11-26-19(30)27-15-7-5-14(6-8-15)13-28-12-2-4-17(28)29/h1,3,5-9H,2,4,10-13H2,(H,24,25)(H2,26,27,30). The molecule has 2 aromatic rings. The van der Waals surface area contributed by atoms with E-state index in [1.807, 2.05) is 12.1 Å². The molecular formula is C20H22F3N5O2. The van der Waals surface area contributed by atoms with Gasteiger partial charge in [0.1, 0.15) is 5.82 Å². The molecule has 160 valence electrons. The molecule has 0 spiro atoms. The molecule has 30 heavy (non-hydrogen) atoms. The van der Waals surface area contributed by atoms with Gasteiger partial charge in [-0.15, -0.1) is 0 Å². The van der Waals surface area contributed by atoms with Crippen molar-refractivity contribution in [3.63, 3.8) is 0 Å². The van der Waals surface area contributed by atoms with Gasteiger partial charge in [-0.05, 0) is 36.2 Å². The third-order valence-electron chi connectivity index (χ3n) is 4.57. The third kappa shape index (κ3) is 5.85. The number of amides is 3. The maximum Gasteiger partial charge on any atom is 0.419 e. The van der Waals surface area contributed by atoms with Crippen molar-refractivity contribution >= 4 is 23.4 Å². The highest BCUT2D eigenvalue weighted by Gasteiger charge is 2.33. The minimum atomic E-state index is -4.50. The van der Waals surface area contributed by atoms with E-state index in [1.165, 1.54) is 12.3 Å². The fourth-order valence-electron chi connectivity index (χ4n) is 3.09. The first-order valence-corrected chi connectivity index (χ1v) is 9.50. The molecule has 10 heteroatoms. The Bertz CT molecular complexity index is 887. The molecular weight excluding hydrogens is 399 g/mol. The Balaban J connectivity index is 1.41. The molecule has 1 aliphatic rings. The lowest BCUT2D eigenvalue weighted by Gasteiger charge is -2.16.